The van der Waals surface area contributed by atoms with Gasteiger partial charge in [-0.1, -0.05) is 18.2 Å². The van der Waals surface area contributed by atoms with Crippen molar-refractivity contribution in [1.29, 1.82) is 0 Å². The van der Waals surface area contributed by atoms with Gasteiger partial charge in [0.2, 0.25) is 0 Å². The van der Waals surface area contributed by atoms with Crippen molar-refractivity contribution >= 4 is 11.4 Å². The molecular formula is C15H16F2N2O. The molecule has 0 spiro atoms. The van der Waals surface area contributed by atoms with E-state index in [1.54, 1.807) is 7.11 Å². The molecule has 0 heterocycles. The summed E-state index contributed by atoms with van der Waals surface area (Å²) in [5.41, 5.74) is 6.24. The van der Waals surface area contributed by atoms with Crippen LogP contribution in [0.15, 0.2) is 36.4 Å². The molecule has 0 radical (unpaired) electrons. The fourth-order valence-electron chi connectivity index (χ4n) is 1.99. The maximum absolute atomic E-state index is 13.6. The Bertz CT molecular complexity index is 579. The average molecular weight is 278 g/mol. The van der Waals surface area contributed by atoms with Crippen molar-refractivity contribution in [3.8, 4) is 5.75 Å². The molecule has 0 aliphatic carbocycles. The Morgan fingerprint density at radius 2 is 1.80 bits per heavy atom. The summed E-state index contributed by atoms with van der Waals surface area (Å²) in [5, 5.41) is 2.75. The predicted molar refractivity (Wildman–Crippen MR) is 76.0 cm³/mol. The van der Waals surface area contributed by atoms with Gasteiger partial charge in [0.25, 0.3) is 0 Å². The van der Waals surface area contributed by atoms with Gasteiger partial charge in [-0.3, -0.25) is 0 Å². The SMILES string of the molecule is COc1ccccc1CCNc1c(F)cc(N)cc1F. The van der Waals surface area contributed by atoms with Gasteiger partial charge in [0.15, 0.2) is 11.6 Å². The summed E-state index contributed by atoms with van der Waals surface area (Å²) >= 11 is 0. The van der Waals surface area contributed by atoms with Crippen LogP contribution < -0.4 is 15.8 Å². The largest absolute Gasteiger partial charge is 0.496 e. The van der Waals surface area contributed by atoms with Crippen LogP contribution in [0, 0.1) is 11.6 Å². The minimum Gasteiger partial charge on any atom is -0.496 e. The second kappa shape index (κ2) is 6.23. The first kappa shape index (κ1) is 14.1. The Balaban J connectivity index is 2.03. The molecule has 0 aliphatic rings. The molecule has 3 nitrogen and oxygen atoms in total. The number of para-hydroxylation sites is 1. The summed E-state index contributed by atoms with van der Waals surface area (Å²) < 4.78 is 32.4. The van der Waals surface area contributed by atoms with Crippen LogP contribution in [0.5, 0.6) is 5.75 Å². The number of hydrogen-bond acceptors (Lipinski definition) is 3. The van der Waals surface area contributed by atoms with E-state index in [1.807, 2.05) is 24.3 Å². The lowest BCUT2D eigenvalue weighted by Gasteiger charge is -2.11. The second-order valence-corrected chi connectivity index (χ2v) is 4.35. The van der Waals surface area contributed by atoms with E-state index in [4.69, 9.17) is 10.5 Å². The highest BCUT2D eigenvalue weighted by Gasteiger charge is 2.10. The van der Waals surface area contributed by atoms with Crippen molar-refractivity contribution in [3.05, 3.63) is 53.6 Å². The number of nitrogens with one attached hydrogen (secondary N) is 1. The number of anilines is 2. The number of nitrogens with two attached hydrogens (primary N) is 1. The maximum Gasteiger partial charge on any atom is 0.151 e. The predicted octanol–water partition coefficient (Wildman–Crippen LogP) is 3.21. The first-order valence-electron chi connectivity index (χ1n) is 6.22. The molecule has 106 valence electrons. The van der Waals surface area contributed by atoms with Gasteiger partial charge >= 0.3 is 0 Å². The average Bonchev–Trinajstić information content (AvgIpc) is 2.42. The fourth-order valence-corrected chi connectivity index (χ4v) is 1.99. The van der Waals surface area contributed by atoms with Crippen LogP contribution in [-0.4, -0.2) is 13.7 Å². The number of ether oxygens (including phenoxy) is 1. The van der Waals surface area contributed by atoms with Crippen molar-refractivity contribution in [2.24, 2.45) is 0 Å². The van der Waals surface area contributed by atoms with Crippen molar-refractivity contribution in [2.45, 2.75) is 6.42 Å². The lowest BCUT2D eigenvalue weighted by Crippen LogP contribution is -2.09. The summed E-state index contributed by atoms with van der Waals surface area (Å²) in [5.74, 6) is -0.627. The van der Waals surface area contributed by atoms with Crippen LogP contribution in [0.3, 0.4) is 0 Å². The van der Waals surface area contributed by atoms with E-state index in [9.17, 15) is 8.78 Å². The fraction of sp³-hybridized carbons (Fsp3) is 0.200. The van der Waals surface area contributed by atoms with Crippen LogP contribution in [0.4, 0.5) is 20.2 Å². The Morgan fingerprint density at radius 3 is 2.45 bits per heavy atom. The zero-order valence-corrected chi connectivity index (χ0v) is 11.1. The molecule has 0 unspecified atom stereocenters. The summed E-state index contributed by atoms with van der Waals surface area (Å²) in [6, 6.07) is 9.70. The molecule has 2 aromatic rings. The van der Waals surface area contributed by atoms with Gasteiger partial charge in [0, 0.05) is 12.2 Å². The summed E-state index contributed by atoms with van der Waals surface area (Å²) in [6.07, 6.45) is 0.591. The topological polar surface area (TPSA) is 47.3 Å². The van der Waals surface area contributed by atoms with E-state index in [-0.39, 0.29) is 11.4 Å². The van der Waals surface area contributed by atoms with Crippen molar-refractivity contribution in [2.75, 3.05) is 24.7 Å². The number of rotatable bonds is 5. The molecule has 2 rings (SSSR count). The summed E-state index contributed by atoms with van der Waals surface area (Å²) in [6.45, 7) is 0.387. The van der Waals surface area contributed by atoms with Crippen molar-refractivity contribution < 1.29 is 13.5 Å². The monoisotopic (exact) mass is 278 g/mol. The molecule has 0 amide bonds. The molecule has 5 heteroatoms. The van der Waals surface area contributed by atoms with Gasteiger partial charge in [-0.05, 0) is 30.2 Å². The Labute approximate surface area is 116 Å². The minimum absolute atomic E-state index is 0.0651. The number of methoxy groups -OCH3 is 1. The molecule has 0 aromatic heterocycles. The van der Waals surface area contributed by atoms with Crippen LogP contribution in [0.2, 0.25) is 0 Å². The van der Waals surface area contributed by atoms with E-state index in [2.05, 4.69) is 5.32 Å². The Hall–Kier alpha value is -2.30. The molecule has 20 heavy (non-hydrogen) atoms. The number of benzene rings is 2. The smallest absolute Gasteiger partial charge is 0.151 e. The zero-order valence-electron chi connectivity index (χ0n) is 11.1. The van der Waals surface area contributed by atoms with E-state index in [0.717, 1.165) is 23.4 Å². The lowest BCUT2D eigenvalue weighted by atomic mass is 10.1. The zero-order chi connectivity index (χ0) is 14.5. The number of hydrogen-bond donors (Lipinski definition) is 2. The van der Waals surface area contributed by atoms with Crippen LogP contribution in [0.1, 0.15) is 5.56 Å². The standard InChI is InChI=1S/C15H16F2N2O/c1-20-14-5-3-2-4-10(14)6-7-19-15-12(16)8-11(18)9-13(15)17/h2-5,8-9,19H,6-7,18H2,1H3. The second-order valence-electron chi connectivity index (χ2n) is 4.35. The molecule has 3 N–H and O–H groups in total. The molecule has 0 bridgehead atoms. The molecule has 0 aliphatic heterocycles. The third kappa shape index (κ3) is 3.17. The quantitative estimate of drug-likeness (QED) is 0.826. The van der Waals surface area contributed by atoms with Gasteiger partial charge < -0.3 is 15.8 Å². The van der Waals surface area contributed by atoms with Gasteiger partial charge in [-0.2, -0.15) is 0 Å². The highest BCUT2D eigenvalue weighted by Crippen LogP contribution is 2.22. The highest BCUT2D eigenvalue weighted by molar-refractivity contribution is 5.54. The molecule has 0 atom stereocenters. The van der Waals surface area contributed by atoms with Gasteiger partial charge in [0.1, 0.15) is 11.4 Å². The van der Waals surface area contributed by atoms with E-state index in [0.29, 0.717) is 13.0 Å². The number of halogens is 2. The highest BCUT2D eigenvalue weighted by atomic mass is 19.1. The van der Waals surface area contributed by atoms with Crippen LogP contribution in [-0.2, 0) is 6.42 Å². The summed E-state index contributed by atoms with van der Waals surface area (Å²) in [4.78, 5) is 0. The van der Waals surface area contributed by atoms with Crippen LogP contribution >= 0.6 is 0 Å². The molecular weight excluding hydrogens is 262 g/mol. The van der Waals surface area contributed by atoms with Gasteiger partial charge in [-0.15, -0.1) is 0 Å². The van der Waals surface area contributed by atoms with Crippen LogP contribution in [0.25, 0.3) is 0 Å². The first-order chi connectivity index (χ1) is 9.61. The Kier molecular flexibility index (Phi) is 4.40. The third-order valence-corrected chi connectivity index (χ3v) is 2.95. The van der Waals surface area contributed by atoms with E-state index < -0.39 is 11.6 Å². The maximum atomic E-state index is 13.6. The Morgan fingerprint density at radius 1 is 1.15 bits per heavy atom. The third-order valence-electron chi connectivity index (χ3n) is 2.95. The first-order valence-corrected chi connectivity index (χ1v) is 6.22. The normalized spacial score (nSPS) is 10.3. The van der Waals surface area contributed by atoms with E-state index >= 15 is 0 Å². The molecule has 2 aromatic carbocycles. The number of nitrogen functional groups attached to an aromatic ring is 1. The van der Waals surface area contributed by atoms with Gasteiger partial charge in [0.05, 0.1) is 7.11 Å². The molecule has 0 saturated heterocycles. The van der Waals surface area contributed by atoms with Crippen molar-refractivity contribution in [1.82, 2.24) is 0 Å². The minimum atomic E-state index is -0.692. The van der Waals surface area contributed by atoms with E-state index in [1.165, 1.54) is 0 Å². The molecule has 0 fully saturated rings. The van der Waals surface area contributed by atoms with Gasteiger partial charge in [-0.25, -0.2) is 8.78 Å². The lowest BCUT2D eigenvalue weighted by molar-refractivity contribution is 0.410. The summed E-state index contributed by atoms with van der Waals surface area (Å²) in [7, 11) is 1.59. The molecule has 0 saturated carbocycles. The van der Waals surface area contributed by atoms with Crippen molar-refractivity contribution in [3.63, 3.8) is 0 Å².